The van der Waals surface area contributed by atoms with Crippen LogP contribution in [-0.4, -0.2) is 34.2 Å². The zero-order valence-electron chi connectivity index (χ0n) is 12.8. The molecule has 0 atom stereocenters. The van der Waals surface area contributed by atoms with Crippen LogP contribution >= 0.6 is 0 Å². The summed E-state index contributed by atoms with van der Waals surface area (Å²) in [6.45, 7) is 7.86. The summed E-state index contributed by atoms with van der Waals surface area (Å²) in [4.78, 5) is 0. The van der Waals surface area contributed by atoms with Gasteiger partial charge in [-0.1, -0.05) is 19.1 Å². The van der Waals surface area contributed by atoms with Gasteiger partial charge in [0.25, 0.3) is 0 Å². The molecule has 0 unspecified atom stereocenters. The third kappa shape index (κ3) is 5.21. The SMILES string of the molecule is CCCNCc1cn(CCOC2CCC(C)CC2)nn1. The van der Waals surface area contributed by atoms with Gasteiger partial charge in [0.2, 0.25) is 0 Å². The van der Waals surface area contributed by atoms with Crippen molar-refractivity contribution in [2.45, 2.75) is 65.1 Å². The van der Waals surface area contributed by atoms with E-state index in [9.17, 15) is 0 Å². The zero-order chi connectivity index (χ0) is 14.2. The average Bonchev–Trinajstić information content (AvgIpc) is 2.89. The molecule has 0 radical (unpaired) electrons. The molecule has 1 heterocycles. The summed E-state index contributed by atoms with van der Waals surface area (Å²) in [7, 11) is 0. The largest absolute Gasteiger partial charge is 0.376 e. The fourth-order valence-corrected chi connectivity index (χ4v) is 2.63. The molecule has 1 aliphatic carbocycles. The molecule has 0 bridgehead atoms. The molecule has 0 amide bonds. The van der Waals surface area contributed by atoms with Crippen LogP contribution in [0.3, 0.4) is 0 Å². The van der Waals surface area contributed by atoms with Gasteiger partial charge in [0, 0.05) is 12.7 Å². The third-order valence-corrected chi connectivity index (χ3v) is 3.96. The zero-order valence-corrected chi connectivity index (χ0v) is 12.8. The van der Waals surface area contributed by atoms with Gasteiger partial charge in [-0.2, -0.15) is 0 Å². The summed E-state index contributed by atoms with van der Waals surface area (Å²) in [5.41, 5.74) is 1.00. The highest BCUT2D eigenvalue weighted by atomic mass is 16.5. The Hall–Kier alpha value is -0.940. The summed E-state index contributed by atoms with van der Waals surface area (Å²) < 4.78 is 7.82. The van der Waals surface area contributed by atoms with E-state index in [-0.39, 0.29) is 0 Å². The minimum absolute atomic E-state index is 0.459. The van der Waals surface area contributed by atoms with Crippen LogP contribution in [0, 0.1) is 5.92 Å². The molecular formula is C15H28N4O. The van der Waals surface area contributed by atoms with Gasteiger partial charge in [-0.05, 0) is 44.6 Å². The Kier molecular flexibility index (Phi) is 6.47. The van der Waals surface area contributed by atoms with E-state index >= 15 is 0 Å². The average molecular weight is 280 g/mol. The second-order valence-corrected chi connectivity index (χ2v) is 5.90. The number of hydrogen-bond acceptors (Lipinski definition) is 4. The van der Waals surface area contributed by atoms with Crippen molar-refractivity contribution >= 4 is 0 Å². The molecule has 0 aliphatic heterocycles. The summed E-state index contributed by atoms with van der Waals surface area (Å²) >= 11 is 0. The Morgan fingerprint density at radius 1 is 1.35 bits per heavy atom. The smallest absolute Gasteiger partial charge is 0.0964 e. The molecule has 1 saturated carbocycles. The molecule has 2 rings (SSSR count). The second-order valence-electron chi connectivity index (χ2n) is 5.90. The number of ether oxygens (including phenoxy) is 1. The van der Waals surface area contributed by atoms with Gasteiger partial charge in [-0.25, -0.2) is 4.68 Å². The highest BCUT2D eigenvalue weighted by Gasteiger charge is 2.18. The van der Waals surface area contributed by atoms with Crippen molar-refractivity contribution in [2.75, 3.05) is 13.2 Å². The molecule has 0 aromatic carbocycles. The van der Waals surface area contributed by atoms with Crippen molar-refractivity contribution in [3.05, 3.63) is 11.9 Å². The Balaban J connectivity index is 1.61. The first-order valence-corrected chi connectivity index (χ1v) is 7.99. The van der Waals surface area contributed by atoms with Gasteiger partial charge < -0.3 is 10.1 Å². The lowest BCUT2D eigenvalue weighted by Gasteiger charge is -2.26. The fraction of sp³-hybridized carbons (Fsp3) is 0.867. The first-order valence-electron chi connectivity index (χ1n) is 7.99. The van der Waals surface area contributed by atoms with E-state index in [4.69, 9.17) is 4.74 Å². The number of hydrogen-bond donors (Lipinski definition) is 1. The Morgan fingerprint density at radius 2 is 2.15 bits per heavy atom. The minimum atomic E-state index is 0.459. The number of rotatable bonds is 8. The normalized spacial score (nSPS) is 23.1. The van der Waals surface area contributed by atoms with Crippen molar-refractivity contribution in [3.63, 3.8) is 0 Å². The van der Waals surface area contributed by atoms with Gasteiger partial charge in [0.05, 0.1) is 24.9 Å². The van der Waals surface area contributed by atoms with Gasteiger partial charge in [0.1, 0.15) is 0 Å². The van der Waals surface area contributed by atoms with Crippen molar-refractivity contribution in [1.29, 1.82) is 0 Å². The Morgan fingerprint density at radius 3 is 2.90 bits per heavy atom. The molecular weight excluding hydrogens is 252 g/mol. The Labute approximate surface area is 122 Å². The molecule has 1 aliphatic rings. The van der Waals surface area contributed by atoms with Gasteiger partial charge >= 0.3 is 0 Å². The number of nitrogens with zero attached hydrogens (tertiary/aromatic N) is 3. The summed E-state index contributed by atoms with van der Waals surface area (Å²) in [5.74, 6) is 0.878. The lowest BCUT2D eigenvalue weighted by molar-refractivity contribution is 0.0145. The van der Waals surface area contributed by atoms with E-state index in [1.807, 2.05) is 10.9 Å². The van der Waals surface area contributed by atoms with Crippen LogP contribution in [0.4, 0.5) is 0 Å². The van der Waals surface area contributed by atoms with E-state index < -0.39 is 0 Å². The van der Waals surface area contributed by atoms with Crippen molar-refractivity contribution < 1.29 is 4.74 Å². The maximum absolute atomic E-state index is 5.94. The van der Waals surface area contributed by atoms with E-state index in [1.54, 1.807) is 0 Å². The molecule has 0 spiro atoms. The molecule has 20 heavy (non-hydrogen) atoms. The molecule has 5 heteroatoms. The van der Waals surface area contributed by atoms with Crippen LogP contribution in [0.25, 0.3) is 0 Å². The first-order chi connectivity index (χ1) is 9.78. The monoisotopic (exact) mass is 280 g/mol. The van der Waals surface area contributed by atoms with Gasteiger partial charge in [0.15, 0.2) is 0 Å². The van der Waals surface area contributed by atoms with Crippen molar-refractivity contribution in [1.82, 2.24) is 20.3 Å². The lowest BCUT2D eigenvalue weighted by Crippen LogP contribution is -2.22. The number of nitrogens with one attached hydrogen (secondary N) is 1. The van der Waals surface area contributed by atoms with E-state index in [1.165, 1.54) is 25.7 Å². The van der Waals surface area contributed by atoms with Crippen LogP contribution in [0.2, 0.25) is 0 Å². The highest BCUT2D eigenvalue weighted by Crippen LogP contribution is 2.25. The van der Waals surface area contributed by atoms with Crippen LogP contribution in [0.1, 0.15) is 51.6 Å². The maximum Gasteiger partial charge on any atom is 0.0964 e. The summed E-state index contributed by atoms with van der Waals surface area (Å²) in [6.07, 6.45) is 8.65. The number of aromatic nitrogens is 3. The van der Waals surface area contributed by atoms with Crippen molar-refractivity contribution in [2.24, 2.45) is 5.92 Å². The summed E-state index contributed by atoms with van der Waals surface area (Å²) in [6, 6.07) is 0. The third-order valence-electron chi connectivity index (χ3n) is 3.96. The second kappa shape index (κ2) is 8.37. The molecule has 0 saturated heterocycles. The van der Waals surface area contributed by atoms with Crippen LogP contribution in [-0.2, 0) is 17.8 Å². The van der Waals surface area contributed by atoms with E-state index in [0.717, 1.165) is 44.3 Å². The summed E-state index contributed by atoms with van der Waals surface area (Å²) in [5, 5.41) is 11.6. The molecule has 114 valence electrons. The van der Waals surface area contributed by atoms with Crippen LogP contribution < -0.4 is 5.32 Å². The Bertz CT molecular complexity index is 372. The quantitative estimate of drug-likeness (QED) is 0.743. The molecule has 1 aromatic heterocycles. The molecule has 1 aromatic rings. The fourth-order valence-electron chi connectivity index (χ4n) is 2.63. The van der Waals surface area contributed by atoms with Crippen LogP contribution in [0.5, 0.6) is 0 Å². The van der Waals surface area contributed by atoms with E-state index in [2.05, 4.69) is 29.5 Å². The predicted octanol–water partition coefficient (Wildman–Crippen LogP) is 2.37. The molecule has 5 nitrogen and oxygen atoms in total. The van der Waals surface area contributed by atoms with Gasteiger partial charge in [-0.15, -0.1) is 5.10 Å². The molecule has 1 N–H and O–H groups in total. The minimum Gasteiger partial charge on any atom is -0.376 e. The highest BCUT2D eigenvalue weighted by molar-refractivity contribution is 4.91. The first kappa shape index (κ1) is 15.4. The maximum atomic E-state index is 5.94. The van der Waals surface area contributed by atoms with E-state index in [0.29, 0.717) is 6.10 Å². The van der Waals surface area contributed by atoms with Crippen LogP contribution in [0.15, 0.2) is 6.20 Å². The lowest BCUT2D eigenvalue weighted by atomic mass is 9.89. The van der Waals surface area contributed by atoms with Gasteiger partial charge in [-0.3, -0.25) is 0 Å². The molecule has 1 fully saturated rings. The predicted molar refractivity (Wildman–Crippen MR) is 79.4 cm³/mol. The topological polar surface area (TPSA) is 52.0 Å². The van der Waals surface area contributed by atoms with Crippen molar-refractivity contribution in [3.8, 4) is 0 Å². The standard InChI is InChI=1S/C15H28N4O/c1-3-8-16-11-14-12-19(18-17-14)9-10-20-15-6-4-13(2)5-7-15/h12-13,15-16H,3-11H2,1-2H3.